The maximum absolute atomic E-state index is 11.7. The molecule has 0 aliphatic carbocycles. The summed E-state index contributed by atoms with van der Waals surface area (Å²) < 4.78 is 35.6. The molecule has 1 saturated heterocycles. The summed E-state index contributed by atoms with van der Waals surface area (Å²) in [5, 5.41) is 57.9. The number of rotatable bonds is 12. The molecule has 9 atom stereocenters. The summed E-state index contributed by atoms with van der Waals surface area (Å²) in [6.45, 7) is -0.525. The summed E-state index contributed by atoms with van der Waals surface area (Å²) in [7, 11) is -10.5. The molecule has 2 rings (SSSR count). The Bertz CT molecular complexity index is 1200. The van der Waals surface area contributed by atoms with Crippen LogP contribution in [0.5, 0.6) is 0 Å². The predicted octanol–water partition coefficient (Wildman–Crippen LogP) is -5.85. The van der Waals surface area contributed by atoms with Gasteiger partial charge >= 0.3 is 21.3 Å². The first-order valence-corrected chi connectivity index (χ1v) is 13.8. The van der Waals surface area contributed by atoms with Gasteiger partial charge in [-0.3, -0.25) is 23.7 Å². The van der Waals surface area contributed by atoms with E-state index in [1.54, 1.807) is 0 Å². The number of aromatic nitrogens is 2. The molecular formula is C17H29N3O18P2. The number of hydrogen-bond donors (Lipinski definition) is 11. The molecule has 230 valence electrons. The van der Waals surface area contributed by atoms with Crippen LogP contribution in [0.4, 0.5) is 0 Å². The third-order valence-corrected chi connectivity index (χ3v) is 7.04. The Morgan fingerprint density at radius 2 is 1.77 bits per heavy atom. The number of ether oxygens (including phenoxy) is 1. The Balaban J connectivity index is 0.000000459. The highest BCUT2D eigenvalue weighted by Crippen LogP contribution is 2.57. The molecular weight excluding hydrogens is 596 g/mol. The SMILES string of the molecule is CC(=O)N[C@@H](C=O)[C@@H](O)[C@H](O)[C@H](O)CO.O=c1ccn([C@@H]2O[C@H](COP(=O)(O)OP(=O)(O)O)[C@@H](O)[C@H]2O)c(=O)[nH]1. The van der Waals surface area contributed by atoms with Crippen LogP contribution in [0.1, 0.15) is 13.2 Å². The summed E-state index contributed by atoms with van der Waals surface area (Å²) in [6, 6.07) is -0.359. The highest BCUT2D eigenvalue weighted by atomic mass is 31.3. The van der Waals surface area contributed by atoms with E-state index in [2.05, 4.69) is 14.2 Å². The van der Waals surface area contributed by atoms with Crippen molar-refractivity contribution in [1.29, 1.82) is 0 Å². The quantitative estimate of drug-likeness (QED) is 0.0760. The number of amides is 1. The lowest BCUT2D eigenvalue weighted by Gasteiger charge is -2.25. The largest absolute Gasteiger partial charge is 0.481 e. The van der Waals surface area contributed by atoms with Gasteiger partial charge in [-0.1, -0.05) is 0 Å². The first-order valence-electron chi connectivity index (χ1n) is 10.8. The Hall–Kier alpha value is -2.20. The minimum Gasteiger partial charge on any atom is -0.394 e. The number of aliphatic hydroxyl groups is 6. The Labute approximate surface area is 223 Å². The molecule has 40 heavy (non-hydrogen) atoms. The molecule has 1 aromatic heterocycles. The zero-order valence-corrected chi connectivity index (χ0v) is 22.1. The lowest BCUT2D eigenvalue weighted by molar-refractivity contribution is -0.129. The van der Waals surface area contributed by atoms with Crippen molar-refractivity contribution in [2.45, 2.75) is 55.8 Å². The van der Waals surface area contributed by atoms with Crippen molar-refractivity contribution in [3.63, 3.8) is 0 Å². The van der Waals surface area contributed by atoms with Crippen LogP contribution in [0.2, 0.25) is 0 Å². The number of H-pyrrole nitrogens is 1. The van der Waals surface area contributed by atoms with Crippen LogP contribution in [0.15, 0.2) is 21.9 Å². The van der Waals surface area contributed by atoms with E-state index < -0.39 is 94.9 Å². The lowest BCUT2D eigenvalue weighted by Crippen LogP contribution is -2.53. The van der Waals surface area contributed by atoms with Crippen LogP contribution in [-0.4, -0.2) is 123 Å². The molecule has 21 nitrogen and oxygen atoms in total. The van der Waals surface area contributed by atoms with Crippen molar-refractivity contribution < 1.29 is 77.6 Å². The Morgan fingerprint density at radius 3 is 2.25 bits per heavy atom. The van der Waals surface area contributed by atoms with E-state index in [4.69, 9.17) is 29.6 Å². The molecule has 0 spiro atoms. The number of aliphatic hydroxyl groups excluding tert-OH is 6. The van der Waals surface area contributed by atoms with Gasteiger partial charge in [-0.05, 0) is 0 Å². The van der Waals surface area contributed by atoms with Crippen molar-refractivity contribution >= 4 is 27.8 Å². The van der Waals surface area contributed by atoms with Crippen molar-refractivity contribution in [3.8, 4) is 0 Å². The second kappa shape index (κ2) is 15.1. The summed E-state index contributed by atoms with van der Waals surface area (Å²) in [5.41, 5.74) is -1.65. The summed E-state index contributed by atoms with van der Waals surface area (Å²) in [5.74, 6) is -0.558. The van der Waals surface area contributed by atoms with Gasteiger partial charge in [0.25, 0.3) is 5.56 Å². The smallest absolute Gasteiger partial charge is 0.394 e. The lowest BCUT2D eigenvalue weighted by atomic mass is 10.0. The number of carbonyl (C=O) groups is 2. The van der Waals surface area contributed by atoms with E-state index in [1.807, 2.05) is 4.98 Å². The fraction of sp³-hybridized carbons (Fsp3) is 0.647. The van der Waals surface area contributed by atoms with E-state index in [0.717, 1.165) is 23.8 Å². The van der Waals surface area contributed by atoms with E-state index in [-0.39, 0.29) is 6.29 Å². The second-order valence-corrected chi connectivity index (χ2v) is 10.8. The summed E-state index contributed by atoms with van der Waals surface area (Å²) in [4.78, 5) is 71.8. The molecule has 0 saturated carbocycles. The van der Waals surface area contributed by atoms with Gasteiger partial charge in [0.05, 0.1) is 13.2 Å². The molecule has 1 unspecified atom stereocenters. The predicted molar refractivity (Wildman–Crippen MR) is 125 cm³/mol. The maximum atomic E-state index is 11.7. The first-order chi connectivity index (χ1) is 18.3. The molecule has 0 radical (unpaired) electrons. The Morgan fingerprint density at radius 1 is 1.18 bits per heavy atom. The molecule has 1 aromatic rings. The highest BCUT2D eigenvalue weighted by molar-refractivity contribution is 7.60. The number of nitrogens with one attached hydrogen (secondary N) is 2. The molecule has 11 N–H and O–H groups in total. The number of nitrogens with zero attached hydrogens (tertiary/aromatic N) is 1. The number of aldehydes is 1. The first kappa shape index (κ1) is 35.8. The van der Waals surface area contributed by atoms with Crippen LogP contribution in [0.3, 0.4) is 0 Å². The molecule has 23 heteroatoms. The standard InChI is InChI=1S/C9H14N2O12P2.C8H15NO6/c12-5-1-2-11(9(15)10-5)8-7(14)6(13)4(22-8)3-21-25(19,20)23-24(16,17)18;1-4(12)9-5(2-10)7(14)8(15)6(13)3-11/h1-2,4,6-8,13-14H,3H2,(H,19,20)(H,10,12,15)(H2,16,17,18);2,5-8,11,13-15H,3H2,1H3,(H,9,12)/t4-,6-,7-,8-;5-,6+,7+,8+/m10/s1. The van der Waals surface area contributed by atoms with Gasteiger partial charge in [-0.15, -0.1) is 0 Å². The second-order valence-electron chi connectivity index (χ2n) is 7.99. The van der Waals surface area contributed by atoms with E-state index >= 15 is 0 Å². The third-order valence-electron chi connectivity index (χ3n) is 4.89. The van der Waals surface area contributed by atoms with Gasteiger partial charge in [0.1, 0.15) is 49.0 Å². The van der Waals surface area contributed by atoms with E-state index in [1.165, 1.54) is 0 Å². The average Bonchev–Trinajstić information content (AvgIpc) is 3.12. The van der Waals surface area contributed by atoms with E-state index in [0.29, 0.717) is 0 Å². The van der Waals surface area contributed by atoms with Crippen molar-refractivity contribution in [2.75, 3.05) is 13.2 Å². The Kier molecular flexibility index (Phi) is 13.6. The molecule has 1 aliphatic heterocycles. The fourth-order valence-corrected chi connectivity index (χ4v) is 4.63. The molecule has 2 heterocycles. The van der Waals surface area contributed by atoms with Gasteiger partial charge in [-0.2, -0.15) is 4.31 Å². The average molecular weight is 625 g/mol. The summed E-state index contributed by atoms with van der Waals surface area (Å²) >= 11 is 0. The van der Waals surface area contributed by atoms with Gasteiger partial charge in [0.15, 0.2) is 6.23 Å². The number of hydrogen-bond acceptors (Lipinski definition) is 15. The van der Waals surface area contributed by atoms with Gasteiger partial charge in [0, 0.05) is 19.2 Å². The zero-order chi connectivity index (χ0) is 31.0. The van der Waals surface area contributed by atoms with Gasteiger partial charge in [-0.25, -0.2) is 13.9 Å². The van der Waals surface area contributed by atoms with Crippen LogP contribution in [0, 0.1) is 0 Å². The molecule has 0 aromatic carbocycles. The molecule has 1 fully saturated rings. The van der Waals surface area contributed by atoms with Crippen molar-refractivity contribution in [2.24, 2.45) is 0 Å². The number of phosphoric acid groups is 2. The number of carbonyl (C=O) groups excluding carboxylic acids is 2. The van der Waals surface area contributed by atoms with Crippen molar-refractivity contribution in [3.05, 3.63) is 33.1 Å². The molecule has 1 aliphatic rings. The zero-order valence-electron chi connectivity index (χ0n) is 20.3. The van der Waals surface area contributed by atoms with Crippen LogP contribution >= 0.6 is 15.6 Å². The maximum Gasteiger partial charge on any atom is 0.481 e. The number of phosphoric ester groups is 1. The normalized spacial score (nSPS) is 25.4. The molecule has 0 bridgehead atoms. The number of aromatic amines is 1. The minimum absolute atomic E-state index is 0.235. The topological polar surface area (TPSA) is 345 Å². The van der Waals surface area contributed by atoms with Crippen LogP contribution < -0.4 is 16.6 Å². The van der Waals surface area contributed by atoms with Gasteiger partial charge < -0.3 is 60.2 Å². The fourth-order valence-electron chi connectivity index (χ4n) is 3.03. The van der Waals surface area contributed by atoms with Gasteiger partial charge in [0.2, 0.25) is 5.91 Å². The third kappa shape index (κ3) is 11.0. The monoisotopic (exact) mass is 625 g/mol. The van der Waals surface area contributed by atoms with Crippen molar-refractivity contribution in [1.82, 2.24) is 14.9 Å². The van der Waals surface area contributed by atoms with Crippen LogP contribution in [0.25, 0.3) is 0 Å². The highest BCUT2D eigenvalue weighted by Gasteiger charge is 2.45. The molecule has 1 amide bonds. The van der Waals surface area contributed by atoms with E-state index in [9.17, 15) is 48.7 Å². The summed E-state index contributed by atoms with van der Waals surface area (Å²) in [6.07, 6.45) is -9.97. The minimum atomic E-state index is -5.32. The van der Waals surface area contributed by atoms with Crippen LogP contribution in [-0.2, 0) is 32.3 Å².